The summed E-state index contributed by atoms with van der Waals surface area (Å²) in [6, 6.07) is -0.207. The van der Waals surface area contributed by atoms with E-state index in [-0.39, 0.29) is 24.3 Å². The number of hydrogen-bond acceptors (Lipinski definition) is 3. The number of likely N-dealkylation sites (tertiary alicyclic amines) is 1. The third-order valence-corrected chi connectivity index (χ3v) is 2.22. The maximum Gasteiger partial charge on any atom is 0.236 e. The first-order chi connectivity index (χ1) is 5.66. The predicted molar refractivity (Wildman–Crippen MR) is 44.5 cm³/mol. The number of amides is 1. The molecule has 0 spiro atoms. The highest BCUT2D eigenvalue weighted by Gasteiger charge is 2.30. The molecule has 0 radical (unpaired) electrons. The van der Waals surface area contributed by atoms with Crippen LogP contribution in [-0.2, 0) is 9.59 Å². The lowest BCUT2D eigenvalue weighted by Gasteiger charge is -2.21. The first-order valence-corrected chi connectivity index (χ1v) is 4.17. The van der Waals surface area contributed by atoms with Crippen LogP contribution in [0.4, 0.5) is 0 Å². The van der Waals surface area contributed by atoms with Gasteiger partial charge in [-0.2, -0.15) is 0 Å². The molecule has 4 heteroatoms. The van der Waals surface area contributed by atoms with Crippen molar-refractivity contribution >= 4 is 11.7 Å². The molecule has 4 nitrogen and oxygen atoms in total. The number of rotatable bonds is 2. The number of carbonyl (C=O) groups is 2. The van der Waals surface area contributed by atoms with Crippen molar-refractivity contribution in [1.29, 1.82) is 0 Å². The molecule has 1 aliphatic rings. The van der Waals surface area contributed by atoms with E-state index in [1.807, 2.05) is 0 Å². The highest BCUT2D eigenvalue weighted by atomic mass is 16.2. The first kappa shape index (κ1) is 9.19. The molecule has 1 unspecified atom stereocenters. The van der Waals surface area contributed by atoms with Gasteiger partial charge in [-0.15, -0.1) is 0 Å². The summed E-state index contributed by atoms with van der Waals surface area (Å²) in [5.74, 6) is -0.0537. The number of Topliss-reactive ketones (excluding diaryl/α,β-unsaturated/α-hetero) is 1. The van der Waals surface area contributed by atoms with Crippen molar-refractivity contribution in [3.8, 4) is 0 Å². The second kappa shape index (κ2) is 3.67. The van der Waals surface area contributed by atoms with Gasteiger partial charge in [-0.05, 0) is 19.8 Å². The molecule has 68 valence electrons. The van der Waals surface area contributed by atoms with Crippen LogP contribution < -0.4 is 5.73 Å². The molecule has 0 bridgehead atoms. The Morgan fingerprint density at radius 1 is 1.58 bits per heavy atom. The molecule has 1 atom stereocenters. The summed E-state index contributed by atoms with van der Waals surface area (Å²) in [4.78, 5) is 23.8. The summed E-state index contributed by atoms with van der Waals surface area (Å²) >= 11 is 0. The van der Waals surface area contributed by atoms with Crippen molar-refractivity contribution in [3.63, 3.8) is 0 Å². The van der Waals surface area contributed by atoms with E-state index in [1.165, 1.54) is 6.92 Å². The number of carbonyl (C=O) groups excluding carboxylic acids is 2. The standard InChI is InChI=1S/C8H14N2O2/c1-6(11)7-3-2-4-10(7)8(12)5-9/h7H,2-5,9H2,1H3. The van der Waals surface area contributed by atoms with Gasteiger partial charge in [0.05, 0.1) is 12.6 Å². The Hall–Kier alpha value is -0.900. The summed E-state index contributed by atoms with van der Waals surface area (Å²) in [7, 11) is 0. The fourth-order valence-corrected chi connectivity index (χ4v) is 1.61. The molecular formula is C8H14N2O2. The fraction of sp³-hybridized carbons (Fsp3) is 0.750. The molecule has 12 heavy (non-hydrogen) atoms. The Kier molecular flexibility index (Phi) is 2.81. The lowest BCUT2D eigenvalue weighted by molar-refractivity contribution is -0.135. The summed E-state index contributed by atoms with van der Waals surface area (Å²) < 4.78 is 0. The van der Waals surface area contributed by atoms with Crippen LogP contribution in [0.3, 0.4) is 0 Å². The SMILES string of the molecule is CC(=O)C1CCCN1C(=O)CN. The van der Waals surface area contributed by atoms with Crippen LogP contribution in [-0.4, -0.2) is 35.7 Å². The smallest absolute Gasteiger partial charge is 0.236 e. The molecule has 1 heterocycles. The average Bonchev–Trinajstić information content (AvgIpc) is 2.50. The minimum absolute atomic E-state index is 0.00375. The van der Waals surface area contributed by atoms with Crippen LogP contribution in [0.1, 0.15) is 19.8 Å². The molecule has 1 fully saturated rings. The van der Waals surface area contributed by atoms with Crippen LogP contribution in [0.15, 0.2) is 0 Å². The molecular weight excluding hydrogens is 156 g/mol. The van der Waals surface area contributed by atoms with Crippen LogP contribution in [0.25, 0.3) is 0 Å². The van der Waals surface area contributed by atoms with Crippen LogP contribution >= 0.6 is 0 Å². The summed E-state index contributed by atoms with van der Waals surface area (Å²) in [6.07, 6.45) is 1.71. The number of nitrogens with zero attached hydrogens (tertiary/aromatic N) is 1. The Morgan fingerprint density at radius 3 is 2.75 bits per heavy atom. The highest BCUT2D eigenvalue weighted by Crippen LogP contribution is 2.17. The van der Waals surface area contributed by atoms with Gasteiger partial charge >= 0.3 is 0 Å². The van der Waals surface area contributed by atoms with Crippen molar-refractivity contribution in [2.45, 2.75) is 25.8 Å². The summed E-state index contributed by atoms with van der Waals surface area (Å²) in [6.45, 7) is 2.21. The van der Waals surface area contributed by atoms with E-state index in [1.54, 1.807) is 4.90 Å². The highest BCUT2D eigenvalue weighted by molar-refractivity contribution is 5.88. The first-order valence-electron chi connectivity index (χ1n) is 4.17. The minimum atomic E-state index is -0.207. The zero-order valence-electron chi connectivity index (χ0n) is 7.25. The molecule has 2 N–H and O–H groups in total. The van der Waals surface area contributed by atoms with Crippen LogP contribution in [0, 0.1) is 0 Å². The lowest BCUT2D eigenvalue weighted by Crippen LogP contribution is -2.42. The summed E-state index contributed by atoms with van der Waals surface area (Å²) in [5.41, 5.74) is 5.21. The number of nitrogens with two attached hydrogens (primary N) is 1. The maximum atomic E-state index is 11.2. The van der Waals surface area contributed by atoms with E-state index in [0.29, 0.717) is 6.54 Å². The van der Waals surface area contributed by atoms with Gasteiger partial charge in [0.1, 0.15) is 0 Å². The third-order valence-electron chi connectivity index (χ3n) is 2.22. The normalized spacial score (nSPS) is 22.8. The quantitative estimate of drug-likeness (QED) is 0.609. The zero-order chi connectivity index (χ0) is 9.14. The monoisotopic (exact) mass is 170 g/mol. The fourth-order valence-electron chi connectivity index (χ4n) is 1.61. The Morgan fingerprint density at radius 2 is 2.25 bits per heavy atom. The Balaban J connectivity index is 2.63. The van der Waals surface area contributed by atoms with Gasteiger partial charge in [-0.1, -0.05) is 0 Å². The van der Waals surface area contributed by atoms with E-state index in [0.717, 1.165) is 12.8 Å². The average molecular weight is 170 g/mol. The lowest BCUT2D eigenvalue weighted by atomic mass is 10.1. The van der Waals surface area contributed by atoms with E-state index in [2.05, 4.69) is 0 Å². The molecule has 0 saturated carbocycles. The second-order valence-electron chi connectivity index (χ2n) is 3.06. The van der Waals surface area contributed by atoms with Gasteiger partial charge in [0.2, 0.25) is 5.91 Å². The molecule has 0 aromatic rings. The Bertz CT molecular complexity index is 203. The number of ketones is 1. The maximum absolute atomic E-state index is 11.2. The van der Waals surface area contributed by atoms with Gasteiger partial charge in [0, 0.05) is 6.54 Å². The van der Waals surface area contributed by atoms with E-state index >= 15 is 0 Å². The van der Waals surface area contributed by atoms with Crippen molar-refractivity contribution in [1.82, 2.24) is 4.90 Å². The zero-order valence-corrected chi connectivity index (χ0v) is 7.25. The minimum Gasteiger partial charge on any atom is -0.332 e. The molecule has 1 rings (SSSR count). The number of hydrogen-bond donors (Lipinski definition) is 1. The topological polar surface area (TPSA) is 63.4 Å². The van der Waals surface area contributed by atoms with E-state index in [4.69, 9.17) is 5.73 Å². The Labute approximate surface area is 71.7 Å². The molecule has 1 aliphatic heterocycles. The predicted octanol–water partition coefficient (Wildman–Crippen LogP) is -0.475. The molecule has 0 aliphatic carbocycles. The second-order valence-corrected chi connectivity index (χ2v) is 3.06. The van der Waals surface area contributed by atoms with Crippen molar-refractivity contribution < 1.29 is 9.59 Å². The van der Waals surface area contributed by atoms with E-state index < -0.39 is 0 Å². The van der Waals surface area contributed by atoms with Crippen molar-refractivity contribution in [2.24, 2.45) is 5.73 Å². The summed E-state index contributed by atoms with van der Waals surface area (Å²) in [5, 5.41) is 0. The molecule has 0 aromatic heterocycles. The van der Waals surface area contributed by atoms with Gasteiger partial charge in [-0.3, -0.25) is 9.59 Å². The van der Waals surface area contributed by atoms with Crippen molar-refractivity contribution in [3.05, 3.63) is 0 Å². The van der Waals surface area contributed by atoms with Gasteiger partial charge in [-0.25, -0.2) is 0 Å². The van der Waals surface area contributed by atoms with Gasteiger partial charge in [0.25, 0.3) is 0 Å². The third kappa shape index (κ3) is 1.64. The molecule has 0 aromatic carbocycles. The van der Waals surface area contributed by atoms with Gasteiger partial charge in [0.15, 0.2) is 5.78 Å². The van der Waals surface area contributed by atoms with Gasteiger partial charge < -0.3 is 10.6 Å². The molecule has 1 saturated heterocycles. The van der Waals surface area contributed by atoms with Crippen LogP contribution in [0.2, 0.25) is 0 Å². The van der Waals surface area contributed by atoms with Crippen LogP contribution in [0.5, 0.6) is 0 Å². The molecule has 1 amide bonds. The van der Waals surface area contributed by atoms with Crippen molar-refractivity contribution in [2.75, 3.05) is 13.1 Å². The largest absolute Gasteiger partial charge is 0.332 e. The van der Waals surface area contributed by atoms with E-state index in [9.17, 15) is 9.59 Å².